The van der Waals surface area contributed by atoms with Crippen LogP contribution in [-0.4, -0.2) is 32.3 Å². The number of benzene rings is 1. The van der Waals surface area contributed by atoms with Gasteiger partial charge in [-0.15, -0.1) is 11.3 Å². The highest BCUT2D eigenvalue weighted by Crippen LogP contribution is 2.30. The monoisotopic (exact) mass is 371 g/mol. The van der Waals surface area contributed by atoms with Crippen LogP contribution in [-0.2, 0) is 13.6 Å². The number of nitrogens with zero attached hydrogens (tertiary/aromatic N) is 5. The van der Waals surface area contributed by atoms with Gasteiger partial charge >= 0.3 is 0 Å². The second kappa shape index (κ2) is 7.04. The number of carbonyl (C=O) groups is 1. The first-order chi connectivity index (χ1) is 12.4. The fraction of sp³-hybridized carbons (Fsp3) is 0.235. The van der Waals surface area contributed by atoms with Crippen molar-refractivity contribution >= 4 is 28.5 Å². The van der Waals surface area contributed by atoms with E-state index >= 15 is 0 Å². The predicted molar refractivity (Wildman–Crippen MR) is 98.7 cm³/mol. The zero-order chi connectivity index (χ0) is 18.8. The first kappa shape index (κ1) is 17.7. The Morgan fingerprint density at radius 3 is 2.77 bits per heavy atom. The van der Waals surface area contributed by atoms with Gasteiger partial charge in [-0.25, -0.2) is 9.97 Å². The first-order valence-corrected chi connectivity index (χ1v) is 8.67. The summed E-state index contributed by atoms with van der Waals surface area (Å²) < 4.78 is 1.58. The van der Waals surface area contributed by atoms with Crippen molar-refractivity contribution in [1.29, 1.82) is 0 Å². The molecule has 1 aromatic carbocycles. The zero-order valence-corrected chi connectivity index (χ0v) is 15.4. The number of aryl methyl sites for hydroxylation is 2. The number of aromatic nitrogens is 3. The average Bonchev–Trinajstić information content (AvgIpc) is 3.21. The van der Waals surface area contributed by atoms with Gasteiger partial charge in [0.1, 0.15) is 5.69 Å². The van der Waals surface area contributed by atoms with Crippen LogP contribution in [0.5, 0.6) is 0 Å². The van der Waals surface area contributed by atoms with Crippen LogP contribution >= 0.6 is 11.3 Å². The van der Waals surface area contributed by atoms with E-state index in [-0.39, 0.29) is 22.9 Å². The van der Waals surface area contributed by atoms with E-state index < -0.39 is 4.92 Å². The number of carbonyl (C=O) groups excluding carboxylic acids is 1. The summed E-state index contributed by atoms with van der Waals surface area (Å²) in [6.07, 6.45) is 3.17. The molecular weight excluding hydrogens is 354 g/mol. The SMILES string of the molecule is Cc1nc(CN(C)c2ccc(C(=O)c3nccn3C)cc2[N+](=O)[O-])cs1. The number of ketones is 1. The van der Waals surface area contributed by atoms with Crippen LogP contribution in [0.2, 0.25) is 0 Å². The van der Waals surface area contributed by atoms with E-state index in [9.17, 15) is 14.9 Å². The van der Waals surface area contributed by atoms with Gasteiger partial charge < -0.3 is 9.47 Å². The minimum Gasteiger partial charge on any atom is -0.363 e. The molecule has 0 aliphatic carbocycles. The fourth-order valence-corrected chi connectivity index (χ4v) is 3.26. The molecule has 2 heterocycles. The summed E-state index contributed by atoms with van der Waals surface area (Å²) in [4.78, 5) is 33.8. The van der Waals surface area contributed by atoms with Gasteiger partial charge in [0.15, 0.2) is 5.82 Å². The molecule has 0 saturated heterocycles. The number of anilines is 1. The first-order valence-electron chi connectivity index (χ1n) is 7.79. The topological polar surface area (TPSA) is 94.2 Å². The molecule has 2 aromatic heterocycles. The van der Waals surface area contributed by atoms with E-state index in [1.54, 1.807) is 41.9 Å². The van der Waals surface area contributed by atoms with Crippen molar-refractivity contribution in [3.05, 3.63) is 68.2 Å². The van der Waals surface area contributed by atoms with Crippen LogP contribution in [0.3, 0.4) is 0 Å². The van der Waals surface area contributed by atoms with Gasteiger partial charge in [0.05, 0.1) is 22.2 Å². The van der Waals surface area contributed by atoms with Gasteiger partial charge in [0.25, 0.3) is 5.69 Å². The molecular formula is C17H17N5O3S. The lowest BCUT2D eigenvalue weighted by molar-refractivity contribution is -0.384. The predicted octanol–water partition coefficient (Wildman–Crippen LogP) is 2.96. The van der Waals surface area contributed by atoms with Crippen molar-refractivity contribution in [3.8, 4) is 0 Å². The highest BCUT2D eigenvalue weighted by atomic mass is 32.1. The van der Waals surface area contributed by atoms with Crippen molar-refractivity contribution in [1.82, 2.24) is 14.5 Å². The number of rotatable bonds is 6. The van der Waals surface area contributed by atoms with Crippen LogP contribution in [0.15, 0.2) is 36.0 Å². The summed E-state index contributed by atoms with van der Waals surface area (Å²) in [5.74, 6) is -0.122. The van der Waals surface area contributed by atoms with E-state index in [4.69, 9.17) is 0 Å². The van der Waals surface area contributed by atoms with Gasteiger partial charge in [-0.05, 0) is 19.1 Å². The number of nitro benzene ring substituents is 1. The molecule has 0 bridgehead atoms. The molecule has 0 fully saturated rings. The quantitative estimate of drug-likeness (QED) is 0.376. The molecule has 0 spiro atoms. The standard InChI is InChI=1S/C17H17N5O3S/c1-11-19-13(10-26-11)9-21(3)14-5-4-12(8-15(14)22(24)25)16(23)17-18-6-7-20(17)2/h4-8,10H,9H2,1-3H3. The number of hydrogen-bond donors (Lipinski definition) is 0. The van der Waals surface area contributed by atoms with E-state index in [1.807, 2.05) is 12.3 Å². The van der Waals surface area contributed by atoms with Crippen LogP contribution < -0.4 is 4.90 Å². The number of imidazole rings is 1. The Labute approximate surface area is 153 Å². The highest BCUT2D eigenvalue weighted by Gasteiger charge is 2.22. The minimum absolute atomic E-state index is 0.125. The van der Waals surface area contributed by atoms with E-state index in [1.165, 1.54) is 23.6 Å². The van der Waals surface area contributed by atoms with Gasteiger partial charge in [0, 0.05) is 43.5 Å². The molecule has 0 unspecified atom stereocenters. The Bertz CT molecular complexity index is 978. The lowest BCUT2D eigenvalue weighted by Crippen LogP contribution is -2.18. The van der Waals surface area contributed by atoms with Gasteiger partial charge in [-0.3, -0.25) is 14.9 Å². The molecule has 0 radical (unpaired) electrons. The molecule has 3 rings (SSSR count). The lowest BCUT2D eigenvalue weighted by Gasteiger charge is -2.18. The van der Waals surface area contributed by atoms with E-state index in [0.29, 0.717) is 12.2 Å². The number of thiazole rings is 1. The van der Waals surface area contributed by atoms with E-state index in [2.05, 4.69) is 9.97 Å². The maximum Gasteiger partial charge on any atom is 0.293 e. The van der Waals surface area contributed by atoms with Crippen LogP contribution in [0.1, 0.15) is 26.9 Å². The smallest absolute Gasteiger partial charge is 0.293 e. The van der Waals surface area contributed by atoms with Gasteiger partial charge in [0.2, 0.25) is 5.78 Å². The lowest BCUT2D eigenvalue weighted by atomic mass is 10.1. The Kier molecular flexibility index (Phi) is 4.81. The molecule has 0 atom stereocenters. The fourth-order valence-electron chi connectivity index (χ4n) is 2.66. The molecule has 3 aromatic rings. The normalized spacial score (nSPS) is 10.7. The second-order valence-corrected chi connectivity index (χ2v) is 6.93. The zero-order valence-electron chi connectivity index (χ0n) is 14.5. The van der Waals surface area contributed by atoms with Crippen molar-refractivity contribution in [2.24, 2.45) is 7.05 Å². The number of hydrogen-bond acceptors (Lipinski definition) is 7. The van der Waals surface area contributed by atoms with E-state index in [0.717, 1.165) is 10.7 Å². The van der Waals surface area contributed by atoms with Crippen molar-refractivity contribution in [2.45, 2.75) is 13.5 Å². The molecule has 0 aliphatic rings. The maximum absolute atomic E-state index is 12.5. The Morgan fingerprint density at radius 2 is 2.19 bits per heavy atom. The molecule has 9 heteroatoms. The molecule has 0 amide bonds. The third-order valence-electron chi connectivity index (χ3n) is 3.94. The molecule has 0 saturated carbocycles. The molecule has 0 aliphatic heterocycles. The summed E-state index contributed by atoms with van der Waals surface area (Å²) in [6, 6.07) is 4.48. The van der Waals surface area contributed by atoms with Gasteiger partial charge in [-0.1, -0.05) is 0 Å². The number of nitro groups is 1. The molecule has 26 heavy (non-hydrogen) atoms. The summed E-state index contributed by atoms with van der Waals surface area (Å²) in [6.45, 7) is 2.35. The third kappa shape index (κ3) is 3.47. The largest absolute Gasteiger partial charge is 0.363 e. The van der Waals surface area contributed by atoms with Crippen LogP contribution in [0.4, 0.5) is 11.4 Å². The summed E-state index contributed by atoms with van der Waals surface area (Å²) >= 11 is 1.53. The van der Waals surface area contributed by atoms with Crippen LogP contribution in [0.25, 0.3) is 0 Å². The van der Waals surface area contributed by atoms with Crippen molar-refractivity contribution < 1.29 is 9.72 Å². The van der Waals surface area contributed by atoms with Crippen LogP contribution in [0, 0.1) is 17.0 Å². The highest BCUT2D eigenvalue weighted by molar-refractivity contribution is 7.09. The molecule has 0 N–H and O–H groups in total. The Hall–Kier alpha value is -3.07. The summed E-state index contributed by atoms with van der Waals surface area (Å²) in [7, 11) is 3.46. The molecule has 134 valence electrons. The Morgan fingerprint density at radius 1 is 1.42 bits per heavy atom. The second-order valence-electron chi connectivity index (χ2n) is 5.87. The maximum atomic E-state index is 12.5. The Balaban J connectivity index is 1.93. The summed E-state index contributed by atoms with van der Waals surface area (Å²) in [5, 5.41) is 14.4. The average molecular weight is 371 g/mol. The summed E-state index contributed by atoms with van der Waals surface area (Å²) in [5.41, 5.74) is 1.38. The van der Waals surface area contributed by atoms with Crippen molar-refractivity contribution in [2.75, 3.05) is 11.9 Å². The molecule has 8 nitrogen and oxygen atoms in total. The van der Waals surface area contributed by atoms with Crippen molar-refractivity contribution in [3.63, 3.8) is 0 Å². The minimum atomic E-state index is -0.479. The third-order valence-corrected chi connectivity index (χ3v) is 4.76. The van der Waals surface area contributed by atoms with Gasteiger partial charge in [-0.2, -0.15) is 0 Å².